The molecule has 0 amide bonds. The zero-order chi connectivity index (χ0) is 14.5. The first-order valence-corrected chi connectivity index (χ1v) is 6.59. The lowest BCUT2D eigenvalue weighted by molar-refractivity contribution is -0.137. The summed E-state index contributed by atoms with van der Waals surface area (Å²) in [6, 6.07) is 1.74. The SMILES string of the molecule is CCc1cc(NC(CC(=O)O)CC(C)(C)C)ncn1. The van der Waals surface area contributed by atoms with Gasteiger partial charge in [0.25, 0.3) is 0 Å². The van der Waals surface area contributed by atoms with Crippen LogP contribution < -0.4 is 5.32 Å². The number of hydrogen-bond acceptors (Lipinski definition) is 4. The maximum atomic E-state index is 10.9. The van der Waals surface area contributed by atoms with Gasteiger partial charge in [-0.2, -0.15) is 0 Å². The topological polar surface area (TPSA) is 75.1 Å². The molecular weight excluding hydrogens is 242 g/mol. The highest BCUT2D eigenvalue weighted by Crippen LogP contribution is 2.24. The molecule has 2 N–H and O–H groups in total. The molecule has 0 aliphatic rings. The third-order valence-electron chi connectivity index (χ3n) is 2.72. The predicted molar refractivity (Wildman–Crippen MR) is 75.1 cm³/mol. The summed E-state index contributed by atoms with van der Waals surface area (Å²) in [5, 5.41) is 12.2. The summed E-state index contributed by atoms with van der Waals surface area (Å²) in [5.41, 5.74) is 1.01. The van der Waals surface area contributed by atoms with Crippen molar-refractivity contribution in [2.45, 2.75) is 53.0 Å². The first-order valence-electron chi connectivity index (χ1n) is 6.59. The van der Waals surface area contributed by atoms with E-state index >= 15 is 0 Å². The van der Waals surface area contributed by atoms with Crippen molar-refractivity contribution in [3.63, 3.8) is 0 Å². The van der Waals surface area contributed by atoms with Crippen molar-refractivity contribution in [1.29, 1.82) is 0 Å². The van der Waals surface area contributed by atoms with E-state index in [1.165, 1.54) is 6.33 Å². The van der Waals surface area contributed by atoms with Crippen molar-refractivity contribution in [1.82, 2.24) is 9.97 Å². The average molecular weight is 265 g/mol. The van der Waals surface area contributed by atoms with Crippen LogP contribution in [-0.4, -0.2) is 27.1 Å². The van der Waals surface area contributed by atoms with E-state index in [0.717, 1.165) is 18.5 Å². The second kappa shape index (κ2) is 6.50. The fraction of sp³-hybridized carbons (Fsp3) is 0.643. The Morgan fingerprint density at radius 2 is 2.11 bits per heavy atom. The number of carbonyl (C=O) groups is 1. The maximum absolute atomic E-state index is 10.9. The highest BCUT2D eigenvalue weighted by Gasteiger charge is 2.21. The number of anilines is 1. The standard InChI is InChI=1S/C14H23N3O2/c1-5-10-6-12(16-9-15-10)17-11(7-13(18)19)8-14(2,3)4/h6,9,11H,5,7-8H2,1-4H3,(H,18,19)(H,15,16,17). The van der Waals surface area contributed by atoms with Gasteiger partial charge >= 0.3 is 5.97 Å². The summed E-state index contributed by atoms with van der Waals surface area (Å²) in [5.74, 6) is -0.103. The minimum atomic E-state index is -0.800. The lowest BCUT2D eigenvalue weighted by Crippen LogP contribution is -2.28. The molecule has 1 rings (SSSR count). The average Bonchev–Trinajstić information content (AvgIpc) is 2.26. The van der Waals surface area contributed by atoms with E-state index in [1.807, 2.05) is 13.0 Å². The molecule has 0 saturated carbocycles. The number of carboxylic acid groups (broad SMARTS) is 1. The summed E-state index contributed by atoms with van der Waals surface area (Å²) < 4.78 is 0. The summed E-state index contributed by atoms with van der Waals surface area (Å²) in [7, 11) is 0. The molecule has 0 fully saturated rings. The number of carboxylic acids is 1. The molecule has 0 radical (unpaired) electrons. The zero-order valence-corrected chi connectivity index (χ0v) is 12.1. The Morgan fingerprint density at radius 1 is 1.42 bits per heavy atom. The largest absolute Gasteiger partial charge is 0.481 e. The number of nitrogens with one attached hydrogen (secondary N) is 1. The van der Waals surface area contributed by atoms with Crippen LogP contribution >= 0.6 is 0 Å². The van der Waals surface area contributed by atoms with Crippen molar-refractivity contribution in [3.8, 4) is 0 Å². The van der Waals surface area contributed by atoms with Gasteiger partial charge in [-0.3, -0.25) is 4.79 Å². The first-order chi connectivity index (χ1) is 8.80. The number of hydrogen-bond donors (Lipinski definition) is 2. The molecule has 0 aromatic carbocycles. The molecule has 1 atom stereocenters. The first kappa shape index (κ1) is 15.4. The molecule has 0 aliphatic heterocycles. The van der Waals surface area contributed by atoms with Gasteiger partial charge < -0.3 is 10.4 Å². The molecule has 1 aromatic rings. The Kier molecular flexibility index (Phi) is 5.27. The molecule has 1 unspecified atom stereocenters. The Hall–Kier alpha value is -1.65. The van der Waals surface area contributed by atoms with Crippen LogP contribution in [0.4, 0.5) is 5.82 Å². The van der Waals surface area contributed by atoms with Crippen LogP contribution in [0, 0.1) is 5.41 Å². The molecule has 19 heavy (non-hydrogen) atoms. The van der Waals surface area contributed by atoms with Gasteiger partial charge in [0.15, 0.2) is 0 Å². The second-order valence-corrected chi connectivity index (χ2v) is 5.95. The Labute approximate surface area is 114 Å². The van der Waals surface area contributed by atoms with Crippen LogP contribution in [0.5, 0.6) is 0 Å². The minimum absolute atomic E-state index is 0.0632. The van der Waals surface area contributed by atoms with Crippen molar-refractivity contribution in [3.05, 3.63) is 18.1 Å². The van der Waals surface area contributed by atoms with Gasteiger partial charge in [0.05, 0.1) is 6.42 Å². The zero-order valence-electron chi connectivity index (χ0n) is 12.1. The van der Waals surface area contributed by atoms with Gasteiger partial charge in [-0.05, 0) is 18.3 Å². The number of aryl methyl sites for hydroxylation is 1. The Morgan fingerprint density at radius 3 is 2.63 bits per heavy atom. The van der Waals surface area contributed by atoms with Gasteiger partial charge in [-0.25, -0.2) is 9.97 Å². The Balaban J connectivity index is 2.77. The van der Waals surface area contributed by atoms with Gasteiger partial charge in [0.1, 0.15) is 12.1 Å². The smallest absolute Gasteiger partial charge is 0.305 e. The van der Waals surface area contributed by atoms with Crippen LogP contribution in [0.3, 0.4) is 0 Å². The molecule has 0 spiro atoms. The van der Waals surface area contributed by atoms with Crippen molar-refractivity contribution >= 4 is 11.8 Å². The summed E-state index contributed by atoms with van der Waals surface area (Å²) in [6.45, 7) is 8.32. The Bertz CT molecular complexity index is 427. The number of aliphatic carboxylic acids is 1. The van der Waals surface area contributed by atoms with E-state index < -0.39 is 5.97 Å². The fourth-order valence-corrected chi connectivity index (χ4v) is 2.00. The molecule has 0 bridgehead atoms. The molecular formula is C14H23N3O2. The van der Waals surface area contributed by atoms with E-state index in [9.17, 15) is 4.79 Å². The summed E-state index contributed by atoms with van der Waals surface area (Å²) in [6.07, 6.45) is 3.20. The third-order valence-corrected chi connectivity index (χ3v) is 2.72. The highest BCUT2D eigenvalue weighted by molar-refractivity contribution is 5.68. The highest BCUT2D eigenvalue weighted by atomic mass is 16.4. The lowest BCUT2D eigenvalue weighted by Gasteiger charge is -2.26. The quantitative estimate of drug-likeness (QED) is 0.827. The van der Waals surface area contributed by atoms with Crippen molar-refractivity contribution in [2.24, 2.45) is 5.41 Å². The molecule has 0 aliphatic carbocycles. The van der Waals surface area contributed by atoms with E-state index in [4.69, 9.17) is 5.11 Å². The predicted octanol–water partition coefficient (Wildman–Crippen LogP) is 2.73. The van der Waals surface area contributed by atoms with Crippen LogP contribution in [0.2, 0.25) is 0 Å². The second-order valence-electron chi connectivity index (χ2n) is 5.95. The number of rotatable bonds is 6. The minimum Gasteiger partial charge on any atom is -0.481 e. The molecule has 1 heterocycles. The van der Waals surface area contributed by atoms with Crippen LogP contribution in [-0.2, 0) is 11.2 Å². The molecule has 106 valence electrons. The van der Waals surface area contributed by atoms with E-state index in [-0.39, 0.29) is 17.9 Å². The van der Waals surface area contributed by atoms with E-state index in [1.54, 1.807) is 0 Å². The van der Waals surface area contributed by atoms with Gasteiger partial charge in [-0.1, -0.05) is 27.7 Å². The number of nitrogens with zero attached hydrogens (tertiary/aromatic N) is 2. The van der Waals surface area contributed by atoms with Crippen LogP contribution in [0.1, 0.15) is 46.2 Å². The van der Waals surface area contributed by atoms with E-state index in [0.29, 0.717) is 5.82 Å². The van der Waals surface area contributed by atoms with Crippen LogP contribution in [0.25, 0.3) is 0 Å². The molecule has 1 aromatic heterocycles. The third kappa shape index (κ3) is 6.18. The van der Waals surface area contributed by atoms with Gasteiger partial charge in [-0.15, -0.1) is 0 Å². The lowest BCUT2D eigenvalue weighted by atomic mass is 9.87. The molecule has 5 heteroatoms. The van der Waals surface area contributed by atoms with Gasteiger partial charge in [0.2, 0.25) is 0 Å². The molecule has 5 nitrogen and oxygen atoms in total. The normalized spacial score (nSPS) is 13.1. The number of aromatic nitrogens is 2. The summed E-state index contributed by atoms with van der Waals surface area (Å²) in [4.78, 5) is 19.2. The fourth-order valence-electron chi connectivity index (χ4n) is 2.00. The van der Waals surface area contributed by atoms with Crippen molar-refractivity contribution < 1.29 is 9.90 Å². The molecule has 0 saturated heterocycles. The van der Waals surface area contributed by atoms with Crippen LogP contribution in [0.15, 0.2) is 12.4 Å². The maximum Gasteiger partial charge on any atom is 0.305 e. The monoisotopic (exact) mass is 265 g/mol. The summed E-state index contributed by atoms with van der Waals surface area (Å²) >= 11 is 0. The van der Waals surface area contributed by atoms with E-state index in [2.05, 4.69) is 36.1 Å². The van der Waals surface area contributed by atoms with Crippen molar-refractivity contribution in [2.75, 3.05) is 5.32 Å². The van der Waals surface area contributed by atoms with Gasteiger partial charge in [0, 0.05) is 17.8 Å².